The highest BCUT2D eigenvalue weighted by atomic mass is 32.2. The van der Waals surface area contributed by atoms with E-state index >= 15 is 0 Å². The van der Waals surface area contributed by atoms with Crippen molar-refractivity contribution in [2.24, 2.45) is 0 Å². The van der Waals surface area contributed by atoms with Gasteiger partial charge < -0.3 is 19.7 Å². The van der Waals surface area contributed by atoms with Crippen molar-refractivity contribution < 1.29 is 14.6 Å². The number of benzene rings is 2. The molecule has 36 heavy (non-hydrogen) atoms. The number of nitrogens with zero attached hydrogens (tertiary/aromatic N) is 4. The number of aromatic carboxylic acids is 1. The Labute approximate surface area is 211 Å². The zero-order valence-corrected chi connectivity index (χ0v) is 20.1. The first-order valence-corrected chi connectivity index (χ1v) is 12.4. The Morgan fingerprint density at radius 3 is 2.78 bits per heavy atom. The molecule has 1 saturated heterocycles. The van der Waals surface area contributed by atoms with E-state index in [9.17, 15) is 9.90 Å². The fraction of sp³-hybridized carbons (Fsp3) is 0.148. The summed E-state index contributed by atoms with van der Waals surface area (Å²) in [5.41, 5.74) is 4.42. The molecule has 1 aliphatic rings. The first kappa shape index (κ1) is 22.5. The lowest BCUT2D eigenvalue weighted by Gasteiger charge is -2.26. The third-order valence-corrected chi connectivity index (χ3v) is 7.33. The Morgan fingerprint density at radius 1 is 1.06 bits per heavy atom. The average Bonchev–Trinajstić information content (AvgIpc) is 3.35. The molecule has 1 aliphatic heterocycles. The molecule has 0 amide bonds. The molecule has 0 saturated carbocycles. The molecule has 0 unspecified atom stereocenters. The molecule has 2 aromatic carbocycles. The van der Waals surface area contributed by atoms with Gasteiger partial charge in [0.2, 0.25) is 0 Å². The molecule has 5 aromatic rings. The molecule has 3 aromatic heterocycles. The molecule has 0 atom stereocenters. The van der Waals surface area contributed by atoms with Crippen LogP contribution in [0.15, 0.2) is 84.3 Å². The minimum atomic E-state index is -0.980. The highest BCUT2D eigenvalue weighted by molar-refractivity contribution is 7.97. The van der Waals surface area contributed by atoms with Crippen LogP contribution in [0.25, 0.3) is 27.5 Å². The molecule has 0 aliphatic carbocycles. The maximum atomic E-state index is 11.9. The largest absolute Gasteiger partial charge is 0.478 e. The minimum Gasteiger partial charge on any atom is -0.478 e. The van der Waals surface area contributed by atoms with Crippen molar-refractivity contribution in [3.63, 3.8) is 0 Å². The van der Waals surface area contributed by atoms with E-state index in [1.807, 2.05) is 48.9 Å². The number of fused-ring (bicyclic) bond motifs is 2. The van der Waals surface area contributed by atoms with Crippen molar-refractivity contribution in [2.75, 3.05) is 31.6 Å². The van der Waals surface area contributed by atoms with Crippen LogP contribution < -0.4 is 5.32 Å². The van der Waals surface area contributed by atoms with Crippen LogP contribution in [0.5, 0.6) is 0 Å². The summed E-state index contributed by atoms with van der Waals surface area (Å²) in [4.78, 5) is 21.8. The second kappa shape index (κ2) is 9.62. The summed E-state index contributed by atoms with van der Waals surface area (Å²) in [6, 6.07) is 17.1. The molecule has 0 spiro atoms. The topological polar surface area (TPSA) is 92.5 Å². The number of hydrogen-bond acceptors (Lipinski definition) is 7. The predicted molar refractivity (Wildman–Crippen MR) is 141 cm³/mol. The van der Waals surface area contributed by atoms with Crippen LogP contribution in [0.3, 0.4) is 0 Å². The second-order valence-corrected chi connectivity index (χ2v) is 9.57. The molecule has 6 rings (SSSR count). The standard InChI is InChI=1S/C27H23N5O3S/c33-27(34)20-3-1-2-4-23(20)30-26-21-15-19(32-10-8-18-16-28-9-7-24(18)32)5-6-22(21)29-17-25(26)36-31-11-13-35-14-12-31/h1-10,15-17H,11-14H2,(H,29,30)(H,33,34). The third-order valence-electron chi connectivity index (χ3n) is 6.20. The van der Waals surface area contributed by atoms with E-state index < -0.39 is 5.97 Å². The Hall–Kier alpha value is -3.92. The Balaban J connectivity index is 1.51. The average molecular weight is 498 g/mol. The number of morpholine rings is 1. The second-order valence-electron chi connectivity index (χ2n) is 8.43. The molecule has 0 bridgehead atoms. The Kier molecular flexibility index (Phi) is 6.02. The van der Waals surface area contributed by atoms with Crippen molar-refractivity contribution in [1.82, 2.24) is 18.8 Å². The maximum absolute atomic E-state index is 11.9. The monoisotopic (exact) mass is 497 g/mol. The van der Waals surface area contributed by atoms with Crippen LogP contribution in [0.4, 0.5) is 11.4 Å². The lowest BCUT2D eigenvalue weighted by molar-refractivity contribution is 0.0698. The van der Waals surface area contributed by atoms with Gasteiger partial charge in [0.25, 0.3) is 0 Å². The van der Waals surface area contributed by atoms with E-state index in [-0.39, 0.29) is 5.56 Å². The highest BCUT2D eigenvalue weighted by Gasteiger charge is 2.19. The van der Waals surface area contributed by atoms with Gasteiger partial charge in [-0.3, -0.25) is 9.97 Å². The summed E-state index contributed by atoms with van der Waals surface area (Å²) >= 11 is 1.61. The van der Waals surface area contributed by atoms with E-state index in [4.69, 9.17) is 9.72 Å². The molecular formula is C27H23N5O3S. The van der Waals surface area contributed by atoms with Crippen molar-refractivity contribution in [3.05, 3.63) is 84.9 Å². The molecule has 2 N–H and O–H groups in total. The van der Waals surface area contributed by atoms with Crippen LogP contribution >= 0.6 is 11.9 Å². The number of aromatic nitrogens is 3. The van der Waals surface area contributed by atoms with Gasteiger partial charge in [0.1, 0.15) is 0 Å². The zero-order valence-electron chi connectivity index (χ0n) is 19.3. The van der Waals surface area contributed by atoms with E-state index in [0.29, 0.717) is 18.9 Å². The van der Waals surface area contributed by atoms with Gasteiger partial charge in [0.05, 0.1) is 46.1 Å². The number of ether oxygens (including phenoxy) is 1. The minimum absolute atomic E-state index is 0.213. The van der Waals surface area contributed by atoms with Gasteiger partial charge in [0.15, 0.2) is 0 Å². The summed E-state index contributed by atoms with van der Waals surface area (Å²) in [6.07, 6.45) is 7.51. The van der Waals surface area contributed by atoms with Gasteiger partial charge >= 0.3 is 5.97 Å². The first-order chi connectivity index (χ1) is 17.7. The van der Waals surface area contributed by atoms with Crippen LogP contribution in [-0.4, -0.2) is 56.2 Å². The predicted octanol–water partition coefficient (Wildman–Crippen LogP) is 5.35. The van der Waals surface area contributed by atoms with Gasteiger partial charge in [-0.25, -0.2) is 9.10 Å². The van der Waals surface area contributed by atoms with Crippen molar-refractivity contribution in [1.29, 1.82) is 0 Å². The van der Waals surface area contributed by atoms with Gasteiger partial charge in [-0.1, -0.05) is 12.1 Å². The van der Waals surface area contributed by atoms with Crippen LogP contribution in [0.2, 0.25) is 0 Å². The van der Waals surface area contributed by atoms with E-state index in [2.05, 4.69) is 25.2 Å². The van der Waals surface area contributed by atoms with Crippen molar-refractivity contribution in [3.8, 4) is 5.69 Å². The zero-order chi connectivity index (χ0) is 24.5. The van der Waals surface area contributed by atoms with E-state index in [0.717, 1.165) is 51.2 Å². The molecular weight excluding hydrogens is 474 g/mol. The van der Waals surface area contributed by atoms with E-state index in [1.54, 1.807) is 36.3 Å². The summed E-state index contributed by atoms with van der Waals surface area (Å²) in [6.45, 7) is 2.96. The number of nitrogens with one attached hydrogen (secondary N) is 1. The van der Waals surface area contributed by atoms with Crippen molar-refractivity contribution >= 4 is 51.1 Å². The number of anilines is 2. The third kappa shape index (κ3) is 4.28. The Bertz CT molecular complexity index is 1580. The van der Waals surface area contributed by atoms with E-state index in [1.165, 1.54) is 0 Å². The molecule has 180 valence electrons. The summed E-state index contributed by atoms with van der Waals surface area (Å²) in [5.74, 6) is -0.980. The van der Waals surface area contributed by atoms with Crippen LogP contribution in [0, 0.1) is 0 Å². The van der Waals surface area contributed by atoms with Gasteiger partial charge in [-0.05, 0) is 54.4 Å². The molecule has 0 radical (unpaired) electrons. The summed E-state index contributed by atoms with van der Waals surface area (Å²) in [5, 5.41) is 15.2. The summed E-state index contributed by atoms with van der Waals surface area (Å²) < 4.78 is 9.87. The number of hydrogen-bond donors (Lipinski definition) is 2. The fourth-order valence-corrected chi connectivity index (χ4v) is 5.37. The van der Waals surface area contributed by atoms with Gasteiger partial charge in [-0.2, -0.15) is 0 Å². The molecule has 1 fully saturated rings. The maximum Gasteiger partial charge on any atom is 0.337 e. The lowest BCUT2D eigenvalue weighted by Crippen LogP contribution is -2.31. The molecule has 9 heteroatoms. The lowest BCUT2D eigenvalue weighted by atomic mass is 10.1. The SMILES string of the molecule is O=C(O)c1ccccc1Nc1c(SN2CCOCC2)cnc2ccc(-n3ccc4cnccc43)cc12. The van der Waals surface area contributed by atoms with Crippen molar-refractivity contribution in [2.45, 2.75) is 4.90 Å². The summed E-state index contributed by atoms with van der Waals surface area (Å²) in [7, 11) is 0. The highest BCUT2D eigenvalue weighted by Crippen LogP contribution is 2.38. The van der Waals surface area contributed by atoms with Crippen LogP contribution in [-0.2, 0) is 4.74 Å². The quantitative estimate of drug-likeness (QED) is 0.303. The number of carboxylic acids is 1. The Morgan fingerprint density at radius 2 is 1.92 bits per heavy atom. The normalized spacial score (nSPS) is 14.3. The fourth-order valence-electron chi connectivity index (χ4n) is 4.41. The molecule has 4 heterocycles. The number of para-hydroxylation sites is 1. The van der Waals surface area contributed by atoms with Crippen LogP contribution in [0.1, 0.15) is 10.4 Å². The number of carbonyl (C=O) groups is 1. The smallest absolute Gasteiger partial charge is 0.337 e. The number of carboxylic acid groups (broad SMARTS) is 1. The molecule has 8 nitrogen and oxygen atoms in total. The number of pyridine rings is 2. The van der Waals surface area contributed by atoms with Gasteiger partial charge in [-0.15, -0.1) is 0 Å². The van der Waals surface area contributed by atoms with Gasteiger partial charge in [0, 0.05) is 54.3 Å². The number of rotatable bonds is 6. The first-order valence-electron chi connectivity index (χ1n) is 11.6.